The Morgan fingerprint density at radius 1 is 1.31 bits per heavy atom. The lowest BCUT2D eigenvalue weighted by atomic mass is 10.1. The Labute approximate surface area is 99.5 Å². The van der Waals surface area contributed by atoms with E-state index in [1.807, 2.05) is 0 Å². The maximum Gasteiger partial charge on any atom is 0.0620 e. The van der Waals surface area contributed by atoms with Gasteiger partial charge in [-0.15, -0.1) is 0 Å². The predicted molar refractivity (Wildman–Crippen MR) is 66.7 cm³/mol. The zero-order valence-electron chi connectivity index (χ0n) is 10.6. The Hall–Kier alpha value is -0.120. The molecule has 2 fully saturated rings. The number of rotatable bonds is 5. The molecule has 0 saturated carbocycles. The molecule has 94 valence electrons. The van der Waals surface area contributed by atoms with Crippen molar-refractivity contribution in [1.29, 1.82) is 0 Å². The molecule has 0 spiro atoms. The average molecular weight is 226 g/mol. The molecule has 3 heteroatoms. The second-order valence-electron chi connectivity index (χ2n) is 5.44. The molecule has 2 atom stereocenters. The molecule has 2 aliphatic heterocycles. The van der Waals surface area contributed by atoms with Crippen LogP contribution in [0.25, 0.3) is 0 Å². The van der Waals surface area contributed by atoms with E-state index < -0.39 is 0 Å². The topological polar surface area (TPSA) is 24.5 Å². The van der Waals surface area contributed by atoms with Crippen LogP contribution in [0.1, 0.15) is 32.6 Å². The van der Waals surface area contributed by atoms with E-state index in [4.69, 9.17) is 4.74 Å². The van der Waals surface area contributed by atoms with Crippen molar-refractivity contribution in [3.8, 4) is 0 Å². The zero-order valence-corrected chi connectivity index (χ0v) is 10.6. The number of nitrogens with zero attached hydrogens (tertiary/aromatic N) is 1. The molecule has 1 N–H and O–H groups in total. The summed E-state index contributed by atoms with van der Waals surface area (Å²) in [5.74, 6) is 0.763. The molecule has 2 unspecified atom stereocenters. The number of ether oxygens (including phenoxy) is 1. The van der Waals surface area contributed by atoms with Crippen molar-refractivity contribution in [2.45, 2.75) is 38.6 Å². The zero-order chi connectivity index (χ0) is 11.2. The van der Waals surface area contributed by atoms with Gasteiger partial charge in [0.05, 0.1) is 6.61 Å². The predicted octanol–water partition coefficient (Wildman–Crippen LogP) is 1.49. The van der Waals surface area contributed by atoms with Gasteiger partial charge in [-0.2, -0.15) is 0 Å². The van der Waals surface area contributed by atoms with Crippen molar-refractivity contribution in [1.82, 2.24) is 10.2 Å². The van der Waals surface area contributed by atoms with Gasteiger partial charge in [0.25, 0.3) is 0 Å². The van der Waals surface area contributed by atoms with E-state index in [-0.39, 0.29) is 0 Å². The quantitative estimate of drug-likeness (QED) is 0.768. The first-order valence-electron chi connectivity index (χ1n) is 6.88. The Kier molecular flexibility index (Phi) is 5.07. The SMILES string of the molecule is CC(CNC1CCOC1)CN1CCCCC1. The minimum atomic E-state index is 0.615. The van der Waals surface area contributed by atoms with Crippen molar-refractivity contribution < 1.29 is 4.74 Å². The van der Waals surface area contributed by atoms with Gasteiger partial charge in [-0.3, -0.25) is 0 Å². The van der Waals surface area contributed by atoms with Crippen LogP contribution < -0.4 is 5.32 Å². The van der Waals surface area contributed by atoms with Crippen LogP contribution in [0.2, 0.25) is 0 Å². The van der Waals surface area contributed by atoms with Crippen LogP contribution in [-0.2, 0) is 4.74 Å². The molecule has 2 heterocycles. The number of hydrogen-bond acceptors (Lipinski definition) is 3. The lowest BCUT2D eigenvalue weighted by Gasteiger charge is -2.29. The molecule has 0 aromatic rings. The van der Waals surface area contributed by atoms with E-state index in [9.17, 15) is 0 Å². The standard InChI is InChI=1S/C13H26N2O/c1-12(9-14-13-5-8-16-11-13)10-15-6-3-2-4-7-15/h12-14H,2-11H2,1H3. The summed E-state index contributed by atoms with van der Waals surface area (Å²) >= 11 is 0. The molecule has 0 amide bonds. The summed E-state index contributed by atoms with van der Waals surface area (Å²) in [5, 5.41) is 3.62. The highest BCUT2D eigenvalue weighted by Crippen LogP contribution is 2.11. The van der Waals surface area contributed by atoms with Crippen LogP contribution in [0, 0.1) is 5.92 Å². The van der Waals surface area contributed by atoms with Crippen LogP contribution in [0.4, 0.5) is 0 Å². The van der Waals surface area contributed by atoms with Crippen molar-refractivity contribution in [2.75, 3.05) is 39.4 Å². The number of hydrogen-bond donors (Lipinski definition) is 1. The molecular weight excluding hydrogens is 200 g/mol. The summed E-state index contributed by atoms with van der Waals surface area (Å²) < 4.78 is 5.37. The Bertz CT molecular complexity index is 186. The summed E-state index contributed by atoms with van der Waals surface area (Å²) in [6.45, 7) is 9.25. The monoisotopic (exact) mass is 226 g/mol. The first-order chi connectivity index (χ1) is 7.84. The van der Waals surface area contributed by atoms with E-state index in [2.05, 4.69) is 17.1 Å². The molecular formula is C13H26N2O. The largest absolute Gasteiger partial charge is 0.380 e. The number of nitrogens with one attached hydrogen (secondary N) is 1. The minimum Gasteiger partial charge on any atom is -0.380 e. The highest BCUT2D eigenvalue weighted by atomic mass is 16.5. The van der Waals surface area contributed by atoms with Crippen molar-refractivity contribution in [2.24, 2.45) is 5.92 Å². The average Bonchev–Trinajstić information content (AvgIpc) is 2.81. The van der Waals surface area contributed by atoms with Crippen LogP contribution in [0.5, 0.6) is 0 Å². The second kappa shape index (κ2) is 6.58. The third kappa shape index (κ3) is 4.04. The summed E-state index contributed by atoms with van der Waals surface area (Å²) in [7, 11) is 0. The lowest BCUT2D eigenvalue weighted by Crippen LogP contribution is -2.39. The Morgan fingerprint density at radius 2 is 2.12 bits per heavy atom. The van der Waals surface area contributed by atoms with Crippen LogP contribution >= 0.6 is 0 Å². The molecule has 3 nitrogen and oxygen atoms in total. The lowest BCUT2D eigenvalue weighted by molar-refractivity contribution is 0.183. The number of likely N-dealkylation sites (tertiary alicyclic amines) is 1. The molecule has 0 radical (unpaired) electrons. The first-order valence-corrected chi connectivity index (χ1v) is 6.88. The summed E-state index contributed by atoms with van der Waals surface area (Å²) in [4.78, 5) is 2.63. The molecule has 16 heavy (non-hydrogen) atoms. The van der Waals surface area contributed by atoms with Gasteiger partial charge in [0.1, 0.15) is 0 Å². The van der Waals surface area contributed by atoms with Gasteiger partial charge in [-0.1, -0.05) is 13.3 Å². The van der Waals surface area contributed by atoms with Gasteiger partial charge < -0.3 is 15.0 Å². The highest BCUT2D eigenvalue weighted by Gasteiger charge is 2.17. The molecule has 2 rings (SSSR count). The Morgan fingerprint density at radius 3 is 2.81 bits per heavy atom. The normalized spacial score (nSPS) is 29.4. The van der Waals surface area contributed by atoms with E-state index in [0.29, 0.717) is 6.04 Å². The molecule has 0 aromatic heterocycles. The first kappa shape index (κ1) is 12.3. The smallest absolute Gasteiger partial charge is 0.0620 e. The summed E-state index contributed by atoms with van der Waals surface area (Å²) in [5.41, 5.74) is 0. The van der Waals surface area contributed by atoms with Gasteiger partial charge in [-0.05, 0) is 44.8 Å². The summed E-state index contributed by atoms with van der Waals surface area (Å²) in [6.07, 6.45) is 5.42. The maximum atomic E-state index is 5.37. The van der Waals surface area contributed by atoms with E-state index in [0.717, 1.165) is 25.7 Å². The van der Waals surface area contributed by atoms with Crippen molar-refractivity contribution in [3.05, 3.63) is 0 Å². The van der Waals surface area contributed by atoms with E-state index >= 15 is 0 Å². The van der Waals surface area contributed by atoms with E-state index in [1.54, 1.807) is 0 Å². The fourth-order valence-electron chi connectivity index (χ4n) is 2.71. The number of piperidine rings is 1. The third-order valence-electron chi connectivity index (χ3n) is 3.70. The van der Waals surface area contributed by atoms with Crippen LogP contribution in [0.3, 0.4) is 0 Å². The van der Waals surface area contributed by atoms with Crippen molar-refractivity contribution in [3.63, 3.8) is 0 Å². The minimum absolute atomic E-state index is 0.615. The molecule has 0 aromatic carbocycles. The van der Waals surface area contributed by atoms with Gasteiger partial charge in [0.2, 0.25) is 0 Å². The van der Waals surface area contributed by atoms with Gasteiger partial charge in [-0.25, -0.2) is 0 Å². The molecule has 0 aliphatic carbocycles. The van der Waals surface area contributed by atoms with E-state index in [1.165, 1.54) is 45.3 Å². The maximum absolute atomic E-state index is 5.37. The van der Waals surface area contributed by atoms with Gasteiger partial charge >= 0.3 is 0 Å². The Balaban J connectivity index is 1.57. The highest BCUT2D eigenvalue weighted by molar-refractivity contribution is 4.74. The fraction of sp³-hybridized carbons (Fsp3) is 1.00. The van der Waals surface area contributed by atoms with Crippen LogP contribution in [-0.4, -0.2) is 50.3 Å². The van der Waals surface area contributed by atoms with Crippen LogP contribution in [0.15, 0.2) is 0 Å². The third-order valence-corrected chi connectivity index (χ3v) is 3.70. The summed E-state index contributed by atoms with van der Waals surface area (Å²) in [6, 6.07) is 0.615. The fourth-order valence-corrected chi connectivity index (χ4v) is 2.71. The molecule has 0 bridgehead atoms. The molecule has 2 saturated heterocycles. The molecule has 2 aliphatic rings. The van der Waals surface area contributed by atoms with Gasteiger partial charge in [0.15, 0.2) is 0 Å². The van der Waals surface area contributed by atoms with Gasteiger partial charge in [0, 0.05) is 19.2 Å². The van der Waals surface area contributed by atoms with Crippen molar-refractivity contribution >= 4 is 0 Å². The second-order valence-corrected chi connectivity index (χ2v) is 5.44.